The highest BCUT2D eigenvalue weighted by molar-refractivity contribution is 6.30. The largest absolute Gasteiger partial charge is 0.286 e. The Morgan fingerprint density at radius 1 is 1.12 bits per heavy atom. The average Bonchev–Trinajstić information content (AvgIpc) is 2.65. The second-order valence-corrected chi connectivity index (χ2v) is 5.87. The van der Waals surface area contributed by atoms with Gasteiger partial charge >= 0.3 is 0 Å². The van der Waals surface area contributed by atoms with Crippen molar-refractivity contribution < 1.29 is 9.18 Å². The van der Waals surface area contributed by atoms with Crippen LogP contribution in [0.5, 0.6) is 0 Å². The first-order valence-electron chi connectivity index (χ1n) is 7.66. The summed E-state index contributed by atoms with van der Waals surface area (Å²) >= 11 is 5.91. The fraction of sp³-hybridized carbons (Fsp3) is 0.0556. The molecule has 0 spiro atoms. The summed E-state index contributed by atoms with van der Waals surface area (Å²) in [4.78, 5) is 22.8. The third-order valence-corrected chi connectivity index (χ3v) is 3.83. The maximum absolute atomic E-state index is 13.9. The Balaban J connectivity index is 1.59. The van der Waals surface area contributed by atoms with Gasteiger partial charge in [-0.3, -0.25) is 15.0 Å². The zero-order valence-corrected chi connectivity index (χ0v) is 14.2. The number of aromatic amines is 1. The summed E-state index contributed by atoms with van der Waals surface area (Å²) in [7, 11) is 0. The molecule has 1 aromatic heterocycles. The monoisotopic (exact) mass is 372 g/mol. The number of hydrazine groups is 1. The van der Waals surface area contributed by atoms with Crippen LogP contribution >= 0.6 is 11.6 Å². The quantitative estimate of drug-likeness (QED) is 0.601. The molecule has 3 N–H and O–H groups in total. The van der Waals surface area contributed by atoms with Crippen LogP contribution in [0.15, 0.2) is 59.4 Å². The number of H-pyrrole nitrogens is 1. The van der Waals surface area contributed by atoms with Gasteiger partial charge in [0.25, 0.3) is 11.5 Å². The van der Waals surface area contributed by atoms with Gasteiger partial charge in [0.1, 0.15) is 11.5 Å². The van der Waals surface area contributed by atoms with E-state index in [1.165, 1.54) is 24.3 Å². The molecule has 6 nitrogen and oxygen atoms in total. The number of aromatic nitrogens is 2. The molecular formula is C18H14ClFN4O2. The van der Waals surface area contributed by atoms with E-state index in [4.69, 9.17) is 11.6 Å². The van der Waals surface area contributed by atoms with Crippen molar-refractivity contribution in [3.8, 4) is 11.1 Å². The molecule has 0 atom stereocenters. The molecule has 132 valence electrons. The minimum atomic E-state index is -0.473. The van der Waals surface area contributed by atoms with Gasteiger partial charge in [-0.05, 0) is 35.4 Å². The van der Waals surface area contributed by atoms with Gasteiger partial charge in [-0.2, -0.15) is 5.10 Å². The minimum absolute atomic E-state index is 0.0869. The molecule has 8 heteroatoms. The van der Waals surface area contributed by atoms with Crippen LogP contribution in [0.25, 0.3) is 11.1 Å². The first kappa shape index (κ1) is 17.8. The van der Waals surface area contributed by atoms with Crippen LogP contribution in [0, 0.1) is 5.82 Å². The van der Waals surface area contributed by atoms with Crippen molar-refractivity contribution in [2.45, 2.75) is 6.54 Å². The van der Waals surface area contributed by atoms with E-state index in [-0.39, 0.29) is 17.1 Å². The summed E-state index contributed by atoms with van der Waals surface area (Å²) in [5.41, 5.74) is 6.96. The molecule has 0 aliphatic heterocycles. The second-order valence-electron chi connectivity index (χ2n) is 5.44. The van der Waals surface area contributed by atoms with Gasteiger partial charge in [0.2, 0.25) is 0 Å². The number of halogens is 2. The van der Waals surface area contributed by atoms with E-state index in [0.29, 0.717) is 22.7 Å². The summed E-state index contributed by atoms with van der Waals surface area (Å²) in [6.45, 7) is 0.355. The summed E-state index contributed by atoms with van der Waals surface area (Å²) in [5, 5.41) is 6.28. The van der Waals surface area contributed by atoms with E-state index in [9.17, 15) is 14.0 Å². The molecule has 1 amide bonds. The standard InChI is InChI=1S/C18H14ClFN4O2/c19-13-5-6-15(20)14(9-13)12-3-1-11(2-4-12)10-21-24-18(26)16-7-8-17(25)23-22-16/h1-9,21H,10H2,(H,23,25)(H,24,26). The van der Waals surface area contributed by atoms with Crippen molar-refractivity contribution in [3.05, 3.63) is 87.0 Å². The number of hydrogen-bond acceptors (Lipinski definition) is 4. The van der Waals surface area contributed by atoms with E-state index in [2.05, 4.69) is 21.0 Å². The fourth-order valence-electron chi connectivity index (χ4n) is 2.28. The lowest BCUT2D eigenvalue weighted by atomic mass is 10.0. The van der Waals surface area contributed by atoms with E-state index in [0.717, 1.165) is 5.56 Å². The number of benzene rings is 2. The minimum Gasteiger partial charge on any atom is -0.286 e. The van der Waals surface area contributed by atoms with Gasteiger partial charge in [0.05, 0.1) is 0 Å². The summed E-state index contributed by atoms with van der Waals surface area (Å²) in [6.07, 6.45) is 0. The van der Waals surface area contributed by atoms with Crippen LogP contribution < -0.4 is 16.4 Å². The molecule has 0 fully saturated rings. The molecule has 3 aromatic rings. The maximum atomic E-state index is 13.9. The summed E-state index contributed by atoms with van der Waals surface area (Å²) in [6, 6.07) is 14.1. The van der Waals surface area contributed by atoms with Gasteiger partial charge in [-0.15, -0.1) is 0 Å². The molecule has 0 saturated carbocycles. The number of amides is 1. The van der Waals surface area contributed by atoms with Crippen molar-refractivity contribution in [1.82, 2.24) is 21.0 Å². The molecule has 0 bridgehead atoms. The molecule has 1 heterocycles. The molecule has 0 radical (unpaired) electrons. The third-order valence-electron chi connectivity index (χ3n) is 3.60. The van der Waals surface area contributed by atoms with Crippen molar-refractivity contribution in [2.24, 2.45) is 0 Å². The van der Waals surface area contributed by atoms with Gasteiger partial charge in [0, 0.05) is 23.2 Å². The van der Waals surface area contributed by atoms with Crippen LogP contribution in [0.3, 0.4) is 0 Å². The van der Waals surface area contributed by atoms with Crippen molar-refractivity contribution in [1.29, 1.82) is 0 Å². The van der Waals surface area contributed by atoms with Gasteiger partial charge in [-0.1, -0.05) is 35.9 Å². The normalized spacial score (nSPS) is 10.5. The number of nitrogens with one attached hydrogen (secondary N) is 3. The number of nitrogens with zero attached hydrogens (tertiary/aromatic N) is 1. The van der Waals surface area contributed by atoms with Gasteiger partial charge < -0.3 is 0 Å². The highest BCUT2D eigenvalue weighted by atomic mass is 35.5. The van der Waals surface area contributed by atoms with Crippen LogP contribution in [-0.2, 0) is 6.54 Å². The number of carbonyl (C=O) groups excluding carboxylic acids is 1. The zero-order valence-electron chi connectivity index (χ0n) is 13.4. The van der Waals surface area contributed by atoms with Gasteiger partial charge in [0.15, 0.2) is 0 Å². The zero-order chi connectivity index (χ0) is 18.5. The molecule has 3 rings (SSSR count). The third kappa shape index (κ3) is 4.33. The van der Waals surface area contributed by atoms with Crippen LogP contribution in [0.2, 0.25) is 5.02 Å². The molecular weight excluding hydrogens is 359 g/mol. The van der Waals surface area contributed by atoms with Crippen LogP contribution in [-0.4, -0.2) is 16.1 Å². The number of carbonyl (C=O) groups is 1. The van der Waals surface area contributed by atoms with E-state index in [1.54, 1.807) is 18.2 Å². The Morgan fingerprint density at radius 2 is 1.88 bits per heavy atom. The van der Waals surface area contributed by atoms with E-state index < -0.39 is 5.91 Å². The highest BCUT2D eigenvalue weighted by Crippen LogP contribution is 2.26. The van der Waals surface area contributed by atoms with Crippen LogP contribution in [0.1, 0.15) is 16.1 Å². The topological polar surface area (TPSA) is 86.9 Å². The Morgan fingerprint density at radius 3 is 2.58 bits per heavy atom. The first-order chi connectivity index (χ1) is 12.5. The maximum Gasteiger partial charge on any atom is 0.285 e. The van der Waals surface area contributed by atoms with Crippen molar-refractivity contribution >= 4 is 17.5 Å². The van der Waals surface area contributed by atoms with E-state index in [1.807, 2.05) is 12.1 Å². The second kappa shape index (κ2) is 7.90. The van der Waals surface area contributed by atoms with Gasteiger partial charge in [-0.25, -0.2) is 14.9 Å². The Bertz CT molecular complexity index is 969. The van der Waals surface area contributed by atoms with Crippen molar-refractivity contribution in [3.63, 3.8) is 0 Å². The smallest absolute Gasteiger partial charge is 0.285 e. The lowest BCUT2D eigenvalue weighted by Gasteiger charge is -2.08. The Hall–Kier alpha value is -3.03. The molecule has 2 aromatic carbocycles. The first-order valence-corrected chi connectivity index (χ1v) is 8.04. The lowest BCUT2D eigenvalue weighted by molar-refractivity contribution is 0.0926. The molecule has 26 heavy (non-hydrogen) atoms. The number of rotatable bonds is 5. The molecule has 0 aliphatic rings. The van der Waals surface area contributed by atoms with Crippen molar-refractivity contribution in [2.75, 3.05) is 0 Å². The SMILES string of the molecule is O=C(NNCc1ccc(-c2cc(Cl)ccc2F)cc1)c1ccc(=O)[nH]n1. The predicted molar refractivity (Wildman–Crippen MR) is 96.0 cm³/mol. The number of hydrogen-bond donors (Lipinski definition) is 3. The molecule has 0 aliphatic carbocycles. The Labute approximate surface area is 153 Å². The average molecular weight is 373 g/mol. The summed E-state index contributed by atoms with van der Waals surface area (Å²) < 4.78 is 13.9. The Kier molecular flexibility index (Phi) is 5.40. The lowest BCUT2D eigenvalue weighted by Crippen LogP contribution is -2.37. The molecule has 0 saturated heterocycles. The predicted octanol–water partition coefficient (Wildman–Crippen LogP) is 2.66. The summed E-state index contributed by atoms with van der Waals surface area (Å²) in [5.74, 6) is -0.820. The van der Waals surface area contributed by atoms with Crippen LogP contribution in [0.4, 0.5) is 4.39 Å². The van der Waals surface area contributed by atoms with E-state index >= 15 is 0 Å². The highest BCUT2D eigenvalue weighted by Gasteiger charge is 2.08. The molecule has 0 unspecified atom stereocenters. The fourth-order valence-corrected chi connectivity index (χ4v) is 2.45.